The van der Waals surface area contributed by atoms with Crippen LogP contribution >= 0.6 is 0 Å². The van der Waals surface area contributed by atoms with Crippen LogP contribution < -0.4 is 10.2 Å². The van der Waals surface area contributed by atoms with Gasteiger partial charge in [-0.25, -0.2) is 0 Å². The number of carboxylic acids is 2. The van der Waals surface area contributed by atoms with E-state index in [0.717, 1.165) is 32.7 Å². The molecule has 0 unspecified atom stereocenters. The van der Waals surface area contributed by atoms with Gasteiger partial charge >= 0.3 is 27.7 Å². The first kappa shape index (κ1) is 22.6. The first-order chi connectivity index (χ1) is 13.4. The number of benzene rings is 4. The zero-order valence-corrected chi connectivity index (χ0v) is 21.8. The third-order valence-corrected chi connectivity index (χ3v) is 4.68. The number of hydrogen-bond acceptors (Lipinski definition) is 4. The minimum Gasteiger partial charge on any atom is -0.545 e. The molecule has 0 bridgehead atoms. The fourth-order valence-corrected chi connectivity index (χ4v) is 3.30. The van der Waals surface area contributed by atoms with Crippen molar-refractivity contribution >= 4 is 33.5 Å². The van der Waals surface area contributed by atoms with Crippen LogP contribution in [0, 0.1) is 13.8 Å². The van der Waals surface area contributed by atoms with E-state index in [1.807, 2.05) is 48.5 Å². The van der Waals surface area contributed by atoms with Crippen molar-refractivity contribution in [3.63, 3.8) is 0 Å². The van der Waals surface area contributed by atoms with Gasteiger partial charge in [0.1, 0.15) is 0 Å². The molecule has 29 heavy (non-hydrogen) atoms. The smallest absolute Gasteiger partial charge is 0.545 e. The monoisotopic (exact) mass is 572 g/mol. The van der Waals surface area contributed by atoms with Gasteiger partial charge in [-0.1, -0.05) is 72.8 Å². The van der Waals surface area contributed by atoms with Gasteiger partial charge in [0.25, 0.3) is 0 Å². The van der Waals surface area contributed by atoms with Crippen LogP contribution in [0.1, 0.15) is 31.8 Å². The third kappa shape index (κ3) is 4.82. The minimum atomic E-state index is -1.11. The van der Waals surface area contributed by atoms with Gasteiger partial charge in [0.2, 0.25) is 0 Å². The second kappa shape index (κ2) is 9.66. The van der Waals surface area contributed by atoms with E-state index in [1.54, 1.807) is 38.1 Å². The van der Waals surface area contributed by atoms with Crippen LogP contribution in [0.5, 0.6) is 0 Å². The van der Waals surface area contributed by atoms with Crippen LogP contribution in [-0.2, 0) is 27.7 Å². The maximum absolute atomic E-state index is 10.9. The van der Waals surface area contributed by atoms with Gasteiger partial charge in [0.15, 0.2) is 0 Å². The number of carboxylic acid groups (broad SMARTS) is 2. The van der Waals surface area contributed by atoms with Gasteiger partial charge in [0.05, 0.1) is 11.9 Å². The zero-order valence-electron chi connectivity index (χ0n) is 16.3. The Labute approximate surface area is 189 Å². The molecule has 4 aromatic rings. The maximum Gasteiger partial charge on any atom is 2.00 e. The van der Waals surface area contributed by atoms with Crippen molar-refractivity contribution in [1.82, 2.24) is 0 Å². The molecule has 4 rings (SSSR count). The van der Waals surface area contributed by atoms with Crippen molar-refractivity contribution in [2.45, 2.75) is 13.8 Å². The summed E-state index contributed by atoms with van der Waals surface area (Å²) in [4.78, 5) is 21.8. The predicted molar refractivity (Wildman–Crippen MR) is 106 cm³/mol. The molecule has 0 saturated heterocycles. The summed E-state index contributed by atoms with van der Waals surface area (Å²) < 4.78 is 0. The number of fused-ring (bicyclic) bond motifs is 2. The molecule has 0 aromatic heterocycles. The average Bonchev–Trinajstić information content (AvgIpc) is 2.67. The van der Waals surface area contributed by atoms with E-state index in [2.05, 4.69) is 0 Å². The molecule has 140 valence electrons. The van der Waals surface area contributed by atoms with E-state index < -0.39 is 11.9 Å². The first-order valence-corrected chi connectivity index (χ1v) is 8.79. The largest absolute Gasteiger partial charge is 2.00 e. The number of aromatic carboxylic acids is 2. The summed E-state index contributed by atoms with van der Waals surface area (Å²) in [5.74, 6) is -2.22. The van der Waals surface area contributed by atoms with Gasteiger partial charge in [0, 0.05) is 11.1 Å². The van der Waals surface area contributed by atoms with Crippen molar-refractivity contribution in [3.8, 4) is 0 Å². The molecule has 0 aliphatic carbocycles. The number of carbonyl (C=O) groups excluding carboxylic acids is 2. The molecule has 4 aromatic carbocycles. The Balaban J connectivity index is 0.000000200. The molecule has 0 spiro atoms. The number of carbonyl (C=O) groups is 2. The Morgan fingerprint density at radius 3 is 1.28 bits per heavy atom. The Bertz CT molecular complexity index is 1100. The first-order valence-electron chi connectivity index (χ1n) is 8.79. The topological polar surface area (TPSA) is 80.3 Å². The molecule has 0 radical (unpaired) electrons. The number of hydrogen-bond donors (Lipinski definition) is 0. The average molecular weight is 571 g/mol. The Hall–Kier alpha value is -2.72. The van der Waals surface area contributed by atoms with Gasteiger partial charge in [-0.15, -0.1) is 0 Å². The van der Waals surface area contributed by atoms with E-state index in [1.165, 1.54) is 0 Å². The molecule has 0 heterocycles. The summed E-state index contributed by atoms with van der Waals surface area (Å²) in [7, 11) is 0. The van der Waals surface area contributed by atoms with E-state index >= 15 is 0 Å². The van der Waals surface area contributed by atoms with Crippen LogP contribution in [0.15, 0.2) is 72.8 Å². The number of aryl methyl sites for hydroxylation is 2. The van der Waals surface area contributed by atoms with Crippen LogP contribution in [0.25, 0.3) is 21.5 Å². The van der Waals surface area contributed by atoms with E-state index in [-0.39, 0.29) is 27.7 Å². The summed E-state index contributed by atoms with van der Waals surface area (Å²) in [5.41, 5.74) is 2.07. The van der Waals surface area contributed by atoms with Crippen molar-refractivity contribution in [3.05, 3.63) is 95.1 Å². The van der Waals surface area contributed by atoms with Gasteiger partial charge in [-0.2, -0.15) is 0 Å². The van der Waals surface area contributed by atoms with E-state index in [4.69, 9.17) is 0 Å². The molecular weight excluding hydrogens is 553 g/mol. The molecular formula is C24H18HgO4. The fraction of sp³-hybridized carbons (Fsp3) is 0.0833. The van der Waals surface area contributed by atoms with Crippen LogP contribution in [-0.4, -0.2) is 11.9 Å². The maximum atomic E-state index is 10.9. The van der Waals surface area contributed by atoms with Crippen molar-refractivity contribution in [2.75, 3.05) is 0 Å². The molecule has 0 amide bonds. The Morgan fingerprint density at radius 1 is 0.586 bits per heavy atom. The minimum absolute atomic E-state index is 0. The third-order valence-electron chi connectivity index (χ3n) is 4.68. The SMILES string of the molecule is Cc1ccc2ccccc2c1C(=O)[O-].Cc1ccc2ccccc2c1C(=O)[O-].[Hg+2]. The molecule has 5 heteroatoms. The molecule has 0 aliphatic rings. The quantitative estimate of drug-likeness (QED) is 0.347. The summed E-state index contributed by atoms with van der Waals surface area (Å²) in [6, 6.07) is 22.2. The second-order valence-electron chi connectivity index (χ2n) is 6.53. The van der Waals surface area contributed by atoms with Crippen molar-refractivity contribution in [2.24, 2.45) is 0 Å². The zero-order chi connectivity index (χ0) is 20.3. The molecule has 0 fully saturated rings. The Kier molecular flexibility index (Phi) is 7.51. The Morgan fingerprint density at radius 2 is 0.931 bits per heavy atom. The standard InChI is InChI=1S/2C12H10O2.Hg/c2*1-8-6-7-9-4-2-3-5-10(9)11(8)12(13)14;/h2*2-7H,1H3,(H,13,14);/q;;+2/p-2. The fourth-order valence-electron chi connectivity index (χ4n) is 3.30. The van der Waals surface area contributed by atoms with Crippen LogP contribution in [0.2, 0.25) is 0 Å². The molecule has 0 saturated carbocycles. The van der Waals surface area contributed by atoms with E-state index in [0.29, 0.717) is 11.1 Å². The summed E-state index contributed by atoms with van der Waals surface area (Å²) in [6.07, 6.45) is 0. The predicted octanol–water partition coefficient (Wildman–Crippen LogP) is 3.02. The van der Waals surface area contributed by atoms with Gasteiger partial charge < -0.3 is 19.8 Å². The molecule has 4 nitrogen and oxygen atoms in total. The molecule has 0 atom stereocenters. The van der Waals surface area contributed by atoms with Crippen molar-refractivity contribution in [1.29, 1.82) is 0 Å². The summed E-state index contributed by atoms with van der Waals surface area (Å²) in [6.45, 7) is 3.55. The van der Waals surface area contributed by atoms with Crippen molar-refractivity contribution < 1.29 is 47.5 Å². The van der Waals surface area contributed by atoms with Gasteiger partial charge in [-0.3, -0.25) is 0 Å². The summed E-state index contributed by atoms with van der Waals surface area (Å²) in [5, 5.41) is 25.2. The van der Waals surface area contributed by atoms with Gasteiger partial charge in [-0.05, 0) is 46.5 Å². The van der Waals surface area contributed by atoms with Crippen LogP contribution in [0.3, 0.4) is 0 Å². The molecule has 0 N–H and O–H groups in total. The van der Waals surface area contributed by atoms with Crippen LogP contribution in [0.4, 0.5) is 0 Å². The number of rotatable bonds is 2. The normalized spacial score (nSPS) is 10.0. The van der Waals surface area contributed by atoms with E-state index in [9.17, 15) is 19.8 Å². The molecule has 0 aliphatic heterocycles. The summed E-state index contributed by atoms with van der Waals surface area (Å²) >= 11 is 0. The second-order valence-corrected chi connectivity index (χ2v) is 6.53.